The van der Waals surface area contributed by atoms with Crippen molar-refractivity contribution in [3.63, 3.8) is 0 Å². The number of amides is 1. The Hall–Kier alpha value is -2.88. The molecule has 0 aliphatic heterocycles. The number of carbonyl (C=O) groups excluding carboxylic acids is 1. The molecule has 1 aromatic carbocycles. The highest BCUT2D eigenvalue weighted by Gasteiger charge is 2.20. The quantitative estimate of drug-likeness (QED) is 0.635. The average molecular weight is 334 g/mol. The Balaban J connectivity index is 1.52. The zero-order valence-corrected chi connectivity index (χ0v) is 14.1. The summed E-state index contributed by atoms with van der Waals surface area (Å²) in [6, 6.07) is 17.8. The first-order valence-corrected chi connectivity index (χ1v) is 8.57. The van der Waals surface area contributed by atoms with Gasteiger partial charge in [-0.05, 0) is 42.2 Å². The Morgan fingerprint density at radius 3 is 2.68 bits per heavy atom. The summed E-state index contributed by atoms with van der Waals surface area (Å²) in [6.07, 6.45) is 7.47. The SMILES string of the molecule is O=C(C[C@@H](c1ccccc1)c1ccco1)NCCCc1cccnc1. The van der Waals surface area contributed by atoms with Gasteiger partial charge in [-0.1, -0.05) is 36.4 Å². The zero-order chi connectivity index (χ0) is 17.3. The molecule has 3 rings (SSSR count). The Morgan fingerprint density at radius 2 is 1.96 bits per heavy atom. The molecule has 128 valence electrons. The van der Waals surface area contributed by atoms with Gasteiger partial charge in [-0.25, -0.2) is 0 Å². The fourth-order valence-electron chi connectivity index (χ4n) is 2.88. The summed E-state index contributed by atoms with van der Waals surface area (Å²) in [7, 11) is 0. The Kier molecular flexibility index (Phi) is 5.99. The van der Waals surface area contributed by atoms with Gasteiger partial charge in [0.15, 0.2) is 0 Å². The molecule has 4 nitrogen and oxygen atoms in total. The van der Waals surface area contributed by atoms with E-state index in [2.05, 4.69) is 16.4 Å². The maximum atomic E-state index is 12.4. The number of nitrogens with zero attached hydrogens (tertiary/aromatic N) is 1. The molecule has 3 aromatic rings. The van der Waals surface area contributed by atoms with Crippen molar-refractivity contribution >= 4 is 5.91 Å². The topological polar surface area (TPSA) is 55.1 Å². The number of rotatable bonds is 8. The van der Waals surface area contributed by atoms with Gasteiger partial charge in [-0.3, -0.25) is 9.78 Å². The van der Waals surface area contributed by atoms with Crippen LogP contribution in [0.15, 0.2) is 77.7 Å². The van der Waals surface area contributed by atoms with Crippen LogP contribution < -0.4 is 5.32 Å². The van der Waals surface area contributed by atoms with Gasteiger partial charge in [0.1, 0.15) is 5.76 Å². The van der Waals surface area contributed by atoms with Crippen molar-refractivity contribution in [1.29, 1.82) is 0 Å². The van der Waals surface area contributed by atoms with Crippen LogP contribution in [0.3, 0.4) is 0 Å². The first-order valence-electron chi connectivity index (χ1n) is 8.57. The second-order valence-electron chi connectivity index (χ2n) is 6.00. The third-order valence-electron chi connectivity index (χ3n) is 4.17. The third-order valence-corrected chi connectivity index (χ3v) is 4.17. The minimum Gasteiger partial charge on any atom is -0.469 e. The lowest BCUT2D eigenvalue weighted by Gasteiger charge is -2.15. The smallest absolute Gasteiger partial charge is 0.221 e. The van der Waals surface area contributed by atoms with Crippen LogP contribution in [0.4, 0.5) is 0 Å². The van der Waals surface area contributed by atoms with E-state index in [4.69, 9.17) is 4.42 Å². The van der Waals surface area contributed by atoms with E-state index in [1.807, 2.05) is 54.7 Å². The molecule has 1 atom stereocenters. The van der Waals surface area contributed by atoms with E-state index in [1.54, 1.807) is 12.5 Å². The van der Waals surface area contributed by atoms with Crippen LogP contribution in [0.2, 0.25) is 0 Å². The average Bonchev–Trinajstić information content (AvgIpc) is 3.19. The van der Waals surface area contributed by atoms with Gasteiger partial charge in [-0.15, -0.1) is 0 Å². The molecule has 0 aliphatic carbocycles. The minimum absolute atomic E-state index is 0.0384. The van der Waals surface area contributed by atoms with Gasteiger partial charge in [0, 0.05) is 25.4 Å². The third kappa shape index (κ3) is 5.05. The fourth-order valence-corrected chi connectivity index (χ4v) is 2.88. The lowest BCUT2D eigenvalue weighted by atomic mass is 9.93. The fraction of sp³-hybridized carbons (Fsp3) is 0.238. The minimum atomic E-state index is -0.0606. The van der Waals surface area contributed by atoms with Crippen LogP contribution in [0.25, 0.3) is 0 Å². The van der Waals surface area contributed by atoms with E-state index in [0.717, 1.165) is 24.2 Å². The van der Waals surface area contributed by atoms with Crippen molar-refractivity contribution in [3.8, 4) is 0 Å². The summed E-state index contributed by atoms with van der Waals surface area (Å²) < 4.78 is 5.55. The summed E-state index contributed by atoms with van der Waals surface area (Å²) in [5, 5.41) is 3.01. The Labute approximate surface area is 147 Å². The van der Waals surface area contributed by atoms with Gasteiger partial charge >= 0.3 is 0 Å². The van der Waals surface area contributed by atoms with Crippen LogP contribution >= 0.6 is 0 Å². The molecule has 0 aliphatic rings. The molecule has 0 saturated carbocycles. The first kappa shape index (κ1) is 17.0. The van der Waals surface area contributed by atoms with Crippen molar-refractivity contribution in [1.82, 2.24) is 10.3 Å². The van der Waals surface area contributed by atoms with Crippen molar-refractivity contribution in [2.45, 2.75) is 25.2 Å². The van der Waals surface area contributed by atoms with Gasteiger partial charge in [0.25, 0.3) is 0 Å². The Morgan fingerprint density at radius 1 is 1.08 bits per heavy atom. The summed E-state index contributed by atoms with van der Waals surface area (Å²) in [5.41, 5.74) is 2.28. The number of aromatic nitrogens is 1. The number of hydrogen-bond acceptors (Lipinski definition) is 3. The maximum absolute atomic E-state index is 12.4. The van der Waals surface area contributed by atoms with E-state index in [0.29, 0.717) is 13.0 Å². The number of hydrogen-bond donors (Lipinski definition) is 1. The second kappa shape index (κ2) is 8.83. The summed E-state index contributed by atoms with van der Waals surface area (Å²) in [6.45, 7) is 0.660. The predicted molar refractivity (Wildman–Crippen MR) is 97.2 cm³/mol. The van der Waals surface area contributed by atoms with Crippen molar-refractivity contribution < 1.29 is 9.21 Å². The first-order chi connectivity index (χ1) is 12.3. The van der Waals surface area contributed by atoms with Crippen LogP contribution in [-0.2, 0) is 11.2 Å². The van der Waals surface area contributed by atoms with E-state index in [1.165, 1.54) is 5.56 Å². The number of pyridine rings is 1. The van der Waals surface area contributed by atoms with Crippen molar-refractivity contribution in [2.24, 2.45) is 0 Å². The summed E-state index contributed by atoms with van der Waals surface area (Å²) in [4.78, 5) is 16.5. The van der Waals surface area contributed by atoms with Gasteiger partial charge in [0.2, 0.25) is 5.91 Å². The highest BCUT2D eigenvalue weighted by atomic mass is 16.3. The zero-order valence-electron chi connectivity index (χ0n) is 14.1. The van der Waals surface area contributed by atoms with Gasteiger partial charge in [0.05, 0.1) is 12.2 Å². The van der Waals surface area contributed by atoms with E-state index in [-0.39, 0.29) is 11.8 Å². The molecule has 1 amide bonds. The normalized spacial score (nSPS) is 11.8. The molecule has 4 heteroatoms. The largest absolute Gasteiger partial charge is 0.469 e. The molecule has 1 N–H and O–H groups in total. The standard InChI is InChI=1S/C21H22N2O2/c24-21(23-13-5-8-17-7-4-12-22-16-17)15-19(20-11-6-14-25-20)18-9-2-1-3-10-18/h1-4,6-7,9-12,14,16,19H,5,8,13,15H2,(H,23,24)/t19-/m0/s1. The monoisotopic (exact) mass is 334 g/mol. The van der Waals surface area contributed by atoms with Gasteiger partial charge < -0.3 is 9.73 Å². The van der Waals surface area contributed by atoms with Crippen LogP contribution in [-0.4, -0.2) is 17.4 Å². The lowest BCUT2D eigenvalue weighted by molar-refractivity contribution is -0.121. The molecular weight excluding hydrogens is 312 g/mol. The number of aryl methyl sites for hydroxylation is 1. The lowest BCUT2D eigenvalue weighted by Crippen LogP contribution is -2.26. The highest BCUT2D eigenvalue weighted by Crippen LogP contribution is 2.28. The molecule has 0 saturated heterocycles. The molecule has 0 unspecified atom stereocenters. The molecule has 0 radical (unpaired) electrons. The molecule has 0 bridgehead atoms. The number of carbonyl (C=O) groups is 1. The predicted octanol–water partition coefficient (Wildman–Crippen LogP) is 3.95. The number of nitrogens with one attached hydrogen (secondary N) is 1. The van der Waals surface area contributed by atoms with Crippen LogP contribution in [0, 0.1) is 0 Å². The highest BCUT2D eigenvalue weighted by molar-refractivity contribution is 5.77. The molecule has 0 spiro atoms. The molecule has 2 heterocycles. The van der Waals surface area contributed by atoms with Crippen molar-refractivity contribution in [2.75, 3.05) is 6.54 Å². The van der Waals surface area contributed by atoms with Crippen molar-refractivity contribution in [3.05, 3.63) is 90.1 Å². The summed E-state index contributed by atoms with van der Waals surface area (Å²) in [5.74, 6) is 0.794. The number of benzene rings is 1. The Bertz CT molecular complexity index is 755. The van der Waals surface area contributed by atoms with Crippen LogP contribution in [0.1, 0.15) is 35.6 Å². The van der Waals surface area contributed by atoms with E-state index >= 15 is 0 Å². The van der Waals surface area contributed by atoms with Crippen LogP contribution in [0.5, 0.6) is 0 Å². The maximum Gasteiger partial charge on any atom is 0.221 e. The van der Waals surface area contributed by atoms with E-state index in [9.17, 15) is 4.79 Å². The molecular formula is C21H22N2O2. The molecule has 2 aromatic heterocycles. The van der Waals surface area contributed by atoms with E-state index < -0.39 is 0 Å². The number of furan rings is 1. The summed E-state index contributed by atoms with van der Waals surface area (Å²) >= 11 is 0. The second-order valence-corrected chi connectivity index (χ2v) is 6.00. The van der Waals surface area contributed by atoms with Gasteiger partial charge in [-0.2, -0.15) is 0 Å². The molecule has 0 fully saturated rings. The molecule has 25 heavy (non-hydrogen) atoms.